The number of nitrogens with zero attached hydrogens (tertiary/aromatic N) is 2. The fraction of sp³-hybridized carbons (Fsp3) is 0.600. The Kier molecular flexibility index (Phi) is 4.35. The lowest BCUT2D eigenvalue weighted by Gasteiger charge is -2.31. The first-order valence-corrected chi connectivity index (χ1v) is 8.58. The second-order valence-electron chi connectivity index (χ2n) is 6.01. The Labute approximate surface area is 134 Å². The van der Waals surface area contributed by atoms with Gasteiger partial charge >= 0.3 is 0 Å². The van der Waals surface area contributed by atoms with Crippen LogP contribution in [-0.2, 0) is 17.8 Å². The van der Waals surface area contributed by atoms with Crippen LogP contribution in [0.3, 0.4) is 0 Å². The summed E-state index contributed by atoms with van der Waals surface area (Å²) in [6, 6.07) is 0. The molecule has 0 bridgehead atoms. The minimum Gasteiger partial charge on any atom is -0.390 e. The number of piperidine rings is 1. The molecule has 3 rings (SSSR count). The van der Waals surface area contributed by atoms with Crippen molar-refractivity contribution in [2.24, 2.45) is 5.73 Å². The number of carbonyl (C=O) groups is 2. The number of hydrogen-bond acceptors (Lipinski definition) is 5. The van der Waals surface area contributed by atoms with Crippen molar-refractivity contribution in [3.05, 3.63) is 16.0 Å². The standard InChI is InChI=1S/C15H22N4O2S/c16-14(21)13-10-4-7-18(8-11(10)22-15(13)17)9-12(20)19-5-2-1-3-6-19/h1-9,17H2,(H2,16,21). The largest absolute Gasteiger partial charge is 0.390 e. The van der Waals surface area contributed by atoms with Crippen molar-refractivity contribution >= 4 is 28.2 Å². The molecule has 120 valence electrons. The molecule has 3 heterocycles. The van der Waals surface area contributed by atoms with E-state index >= 15 is 0 Å². The van der Waals surface area contributed by atoms with E-state index in [1.54, 1.807) is 0 Å². The predicted octanol–water partition coefficient (Wildman–Crippen LogP) is 0.800. The molecule has 0 aromatic carbocycles. The van der Waals surface area contributed by atoms with Crippen molar-refractivity contribution in [1.29, 1.82) is 0 Å². The summed E-state index contributed by atoms with van der Waals surface area (Å²) in [5.74, 6) is -0.240. The van der Waals surface area contributed by atoms with Crippen LogP contribution >= 0.6 is 11.3 Å². The van der Waals surface area contributed by atoms with Crippen LogP contribution in [0.25, 0.3) is 0 Å². The Morgan fingerprint density at radius 1 is 1.14 bits per heavy atom. The topological polar surface area (TPSA) is 92.7 Å². The third-order valence-electron chi connectivity index (χ3n) is 4.48. The van der Waals surface area contributed by atoms with Gasteiger partial charge in [0.25, 0.3) is 5.91 Å². The molecule has 0 spiro atoms. The van der Waals surface area contributed by atoms with Crippen LogP contribution < -0.4 is 11.5 Å². The van der Waals surface area contributed by atoms with Crippen LogP contribution in [0.4, 0.5) is 5.00 Å². The Bertz CT molecular complexity index is 593. The number of thiophene rings is 1. The molecule has 1 aromatic rings. The molecular weight excluding hydrogens is 300 g/mol. The molecule has 7 heteroatoms. The van der Waals surface area contributed by atoms with Gasteiger partial charge in [0.1, 0.15) is 0 Å². The third-order valence-corrected chi connectivity index (χ3v) is 5.52. The molecule has 0 aliphatic carbocycles. The molecule has 6 nitrogen and oxygen atoms in total. The van der Waals surface area contributed by atoms with Crippen molar-refractivity contribution in [1.82, 2.24) is 9.80 Å². The van der Waals surface area contributed by atoms with Gasteiger partial charge < -0.3 is 16.4 Å². The molecule has 2 aliphatic rings. The van der Waals surface area contributed by atoms with E-state index in [9.17, 15) is 9.59 Å². The van der Waals surface area contributed by atoms with E-state index in [0.29, 0.717) is 23.7 Å². The summed E-state index contributed by atoms with van der Waals surface area (Å²) >= 11 is 1.42. The average Bonchev–Trinajstić information content (AvgIpc) is 2.83. The molecular formula is C15H22N4O2S. The van der Waals surface area contributed by atoms with Crippen LogP contribution in [0, 0.1) is 0 Å². The highest BCUT2D eigenvalue weighted by molar-refractivity contribution is 7.16. The maximum atomic E-state index is 12.3. The van der Waals surface area contributed by atoms with E-state index < -0.39 is 5.91 Å². The molecule has 0 unspecified atom stereocenters. The van der Waals surface area contributed by atoms with Crippen molar-refractivity contribution in [2.45, 2.75) is 32.2 Å². The molecule has 0 saturated carbocycles. The van der Waals surface area contributed by atoms with E-state index in [-0.39, 0.29) is 5.91 Å². The maximum absolute atomic E-state index is 12.3. The molecule has 2 aliphatic heterocycles. The first-order chi connectivity index (χ1) is 10.6. The second kappa shape index (κ2) is 6.26. The number of likely N-dealkylation sites (tertiary alicyclic amines) is 1. The van der Waals surface area contributed by atoms with Gasteiger partial charge in [0.2, 0.25) is 5.91 Å². The highest BCUT2D eigenvalue weighted by atomic mass is 32.1. The normalized spacial score (nSPS) is 19.0. The van der Waals surface area contributed by atoms with Gasteiger partial charge in [-0.15, -0.1) is 11.3 Å². The maximum Gasteiger partial charge on any atom is 0.251 e. The number of hydrogen-bond donors (Lipinski definition) is 2. The number of nitrogen functional groups attached to an aromatic ring is 1. The zero-order valence-corrected chi connectivity index (χ0v) is 13.5. The Balaban J connectivity index is 1.66. The summed E-state index contributed by atoms with van der Waals surface area (Å²) in [4.78, 5) is 29.0. The monoisotopic (exact) mass is 322 g/mol. The number of rotatable bonds is 3. The summed E-state index contributed by atoms with van der Waals surface area (Å²) in [7, 11) is 0. The van der Waals surface area contributed by atoms with Gasteiger partial charge in [-0.3, -0.25) is 14.5 Å². The van der Waals surface area contributed by atoms with Crippen LogP contribution in [-0.4, -0.2) is 47.8 Å². The van der Waals surface area contributed by atoms with Crippen LogP contribution in [0.15, 0.2) is 0 Å². The van der Waals surface area contributed by atoms with Gasteiger partial charge in [0.05, 0.1) is 17.1 Å². The van der Waals surface area contributed by atoms with Crippen LogP contribution in [0.2, 0.25) is 0 Å². The van der Waals surface area contributed by atoms with Gasteiger partial charge in [-0.05, 0) is 31.2 Å². The summed E-state index contributed by atoms with van der Waals surface area (Å²) < 4.78 is 0. The van der Waals surface area contributed by atoms with Crippen molar-refractivity contribution in [3.63, 3.8) is 0 Å². The van der Waals surface area contributed by atoms with E-state index in [1.165, 1.54) is 17.8 Å². The SMILES string of the molecule is NC(=O)c1c(N)sc2c1CCN(CC(=O)N1CCCCC1)C2. The van der Waals surface area contributed by atoms with E-state index in [1.807, 2.05) is 4.90 Å². The summed E-state index contributed by atoms with van der Waals surface area (Å²) in [6.07, 6.45) is 4.18. The van der Waals surface area contributed by atoms with Gasteiger partial charge in [-0.1, -0.05) is 0 Å². The number of fused-ring (bicyclic) bond motifs is 1. The quantitative estimate of drug-likeness (QED) is 0.861. The third kappa shape index (κ3) is 2.96. The zero-order valence-electron chi connectivity index (χ0n) is 12.6. The fourth-order valence-corrected chi connectivity index (χ4v) is 4.48. The lowest BCUT2D eigenvalue weighted by molar-refractivity contribution is -0.133. The number of carbonyl (C=O) groups excluding carboxylic acids is 2. The zero-order chi connectivity index (χ0) is 15.7. The van der Waals surface area contributed by atoms with Crippen molar-refractivity contribution in [3.8, 4) is 0 Å². The molecule has 0 radical (unpaired) electrons. The van der Waals surface area contributed by atoms with Crippen LogP contribution in [0.5, 0.6) is 0 Å². The van der Waals surface area contributed by atoms with E-state index in [2.05, 4.69) is 4.90 Å². The minimum absolute atomic E-state index is 0.211. The van der Waals surface area contributed by atoms with Crippen LogP contribution in [0.1, 0.15) is 40.1 Å². The van der Waals surface area contributed by atoms with Gasteiger partial charge in [0.15, 0.2) is 0 Å². The number of primary amides is 1. The smallest absolute Gasteiger partial charge is 0.251 e. The first kappa shape index (κ1) is 15.3. The Morgan fingerprint density at radius 3 is 2.55 bits per heavy atom. The predicted molar refractivity (Wildman–Crippen MR) is 86.7 cm³/mol. The molecule has 2 amide bonds. The van der Waals surface area contributed by atoms with Crippen molar-refractivity contribution in [2.75, 3.05) is 31.9 Å². The van der Waals surface area contributed by atoms with E-state index in [0.717, 1.165) is 49.3 Å². The lowest BCUT2D eigenvalue weighted by Crippen LogP contribution is -2.44. The Morgan fingerprint density at radius 2 is 1.86 bits per heavy atom. The average molecular weight is 322 g/mol. The van der Waals surface area contributed by atoms with Gasteiger partial charge in [0, 0.05) is 31.1 Å². The molecule has 0 atom stereocenters. The molecule has 4 N–H and O–H groups in total. The second-order valence-corrected chi connectivity index (χ2v) is 7.15. The number of amides is 2. The van der Waals surface area contributed by atoms with Gasteiger partial charge in [-0.25, -0.2) is 0 Å². The summed E-state index contributed by atoms with van der Waals surface area (Å²) in [6.45, 7) is 3.66. The molecule has 1 fully saturated rings. The Hall–Kier alpha value is -1.60. The van der Waals surface area contributed by atoms with E-state index in [4.69, 9.17) is 11.5 Å². The highest BCUT2D eigenvalue weighted by Crippen LogP contribution is 2.34. The first-order valence-electron chi connectivity index (χ1n) is 7.76. The molecule has 1 saturated heterocycles. The number of nitrogens with two attached hydrogens (primary N) is 2. The fourth-order valence-electron chi connectivity index (χ4n) is 3.32. The van der Waals surface area contributed by atoms with Gasteiger partial charge in [-0.2, -0.15) is 0 Å². The minimum atomic E-state index is -0.451. The summed E-state index contributed by atoms with van der Waals surface area (Å²) in [5.41, 5.74) is 12.8. The molecule has 1 aromatic heterocycles. The van der Waals surface area contributed by atoms with Crippen molar-refractivity contribution < 1.29 is 9.59 Å². The highest BCUT2D eigenvalue weighted by Gasteiger charge is 2.27. The number of anilines is 1. The molecule has 22 heavy (non-hydrogen) atoms. The lowest BCUT2D eigenvalue weighted by atomic mass is 10.0. The summed E-state index contributed by atoms with van der Waals surface area (Å²) in [5, 5.41) is 0.502.